The van der Waals surface area contributed by atoms with Crippen LogP contribution in [0.5, 0.6) is 5.75 Å². The Morgan fingerprint density at radius 3 is 3.07 bits per heavy atom. The normalized spacial score (nSPS) is 21.1. The highest BCUT2D eigenvalue weighted by atomic mass is 16.5. The molecule has 0 bridgehead atoms. The fourth-order valence-electron chi connectivity index (χ4n) is 1.96. The van der Waals surface area contributed by atoms with E-state index in [4.69, 9.17) is 4.74 Å². The molecule has 2 atom stereocenters. The molecule has 1 N–H and O–H groups in total. The van der Waals surface area contributed by atoms with Crippen LogP contribution in [0, 0.1) is 0 Å². The van der Waals surface area contributed by atoms with Crippen LogP contribution in [-0.4, -0.2) is 11.2 Å². The number of fused-ring (bicyclic) bond motifs is 1. The fraction of sp³-hybridized carbons (Fsp3) is 0.538. The minimum atomic E-state index is -0.266. The second kappa shape index (κ2) is 4.23. The topological polar surface area (TPSA) is 29.5 Å². The molecule has 1 aliphatic rings. The van der Waals surface area contributed by atoms with Gasteiger partial charge in [-0.05, 0) is 49.4 Å². The van der Waals surface area contributed by atoms with Gasteiger partial charge in [-0.15, -0.1) is 0 Å². The van der Waals surface area contributed by atoms with Crippen LogP contribution in [0.2, 0.25) is 0 Å². The van der Waals surface area contributed by atoms with Gasteiger partial charge < -0.3 is 9.84 Å². The minimum Gasteiger partial charge on any atom is -0.491 e. The van der Waals surface area contributed by atoms with Crippen LogP contribution in [-0.2, 0) is 6.42 Å². The standard InChI is InChI=1S/C13H18O2/c1-3-9(2)15-11-5-6-12-10(8-11)4-7-13(12)14/h5-6,8-9,13-14H,3-4,7H2,1-2H3. The monoisotopic (exact) mass is 206 g/mol. The van der Waals surface area contributed by atoms with Gasteiger partial charge in [0.15, 0.2) is 0 Å². The van der Waals surface area contributed by atoms with Crippen molar-refractivity contribution in [2.45, 2.75) is 45.3 Å². The van der Waals surface area contributed by atoms with E-state index in [0.29, 0.717) is 0 Å². The molecule has 15 heavy (non-hydrogen) atoms. The van der Waals surface area contributed by atoms with Gasteiger partial charge in [0.25, 0.3) is 0 Å². The van der Waals surface area contributed by atoms with Gasteiger partial charge in [-0.2, -0.15) is 0 Å². The third-order valence-electron chi connectivity index (χ3n) is 3.07. The zero-order chi connectivity index (χ0) is 10.8. The summed E-state index contributed by atoms with van der Waals surface area (Å²) < 4.78 is 5.74. The second-order valence-corrected chi connectivity index (χ2v) is 4.25. The largest absolute Gasteiger partial charge is 0.491 e. The highest BCUT2D eigenvalue weighted by Gasteiger charge is 2.20. The number of hydrogen-bond donors (Lipinski definition) is 1. The third-order valence-corrected chi connectivity index (χ3v) is 3.07. The van der Waals surface area contributed by atoms with Crippen molar-refractivity contribution < 1.29 is 9.84 Å². The number of benzene rings is 1. The third kappa shape index (κ3) is 2.15. The molecule has 0 aliphatic heterocycles. The predicted molar refractivity (Wildman–Crippen MR) is 60.1 cm³/mol. The summed E-state index contributed by atoms with van der Waals surface area (Å²) in [4.78, 5) is 0. The summed E-state index contributed by atoms with van der Waals surface area (Å²) in [7, 11) is 0. The smallest absolute Gasteiger partial charge is 0.119 e. The highest BCUT2D eigenvalue weighted by molar-refractivity contribution is 5.39. The Morgan fingerprint density at radius 2 is 2.33 bits per heavy atom. The van der Waals surface area contributed by atoms with E-state index in [1.165, 1.54) is 5.56 Å². The number of ether oxygens (including phenoxy) is 1. The van der Waals surface area contributed by atoms with E-state index in [2.05, 4.69) is 19.9 Å². The van der Waals surface area contributed by atoms with Gasteiger partial charge in [0.1, 0.15) is 5.75 Å². The summed E-state index contributed by atoms with van der Waals surface area (Å²) >= 11 is 0. The molecule has 1 aromatic rings. The van der Waals surface area contributed by atoms with Crippen LogP contribution in [0.3, 0.4) is 0 Å². The lowest BCUT2D eigenvalue weighted by atomic mass is 10.1. The van der Waals surface area contributed by atoms with Crippen LogP contribution < -0.4 is 4.74 Å². The van der Waals surface area contributed by atoms with Crippen LogP contribution >= 0.6 is 0 Å². The molecule has 2 nitrogen and oxygen atoms in total. The lowest BCUT2D eigenvalue weighted by molar-refractivity contribution is 0.180. The maximum Gasteiger partial charge on any atom is 0.119 e. The molecule has 1 aliphatic carbocycles. The van der Waals surface area contributed by atoms with E-state index < -0.39 is 0 Å². The molecule has 2 unspecified atom stereocenters. The molecule has 82 valence electrons. The zero-order valence-electron chi connectivity index (χ0n) is 9.36. The quantitative estimate of drug-likeness (QED) is 0.824. The molecular weight excluding hydrogens is 188 g/mol. The maximum atomic E-state index is 9.66. The van der Waals surface area contributed by atoms with Gasteiger partial charge in [-0.1, -0.05) is 13.0 Å². The molecule has 1 aromatic carbocycles. The Balaban J connectivity index is 2.16. The van der Waals surface area contributed by atoms with Gasteiger partial charge in [0.2, 0.25) is 0 Å². The SMILES string of the molecule is CCC(C)Oc1ccc2c(c1)CCC2O. The number of aryl methyl sites for hydroxylation is 1. The highest BCUT2D eigenvalue weighted by Crippen LogP contribution is 2.33. The van der Waals surface area contributed by atoms with Crippen molar-refractivity contribution in [1.82, 2.24) is 0 Å². The first kappa shape index (κ1) is 10.5. The second-order valence-electron chi connectivity index (χ2n) is 4.25. The van der Waals surface area contributed by atoms with E-state index in [0.717, 1.165) is 30.6 Å². The Kier molecular flexibility index (Phi) is 2.96. The summed E-state index contributed by atoms with van der Waals surface area (Å²) in [6.07, 6.45) is 2.82. The summed E-state index contributed by atoms with van der Waals surface area (Å²) in [6, 6.07) is 6.02. The van der Waals surface area contributed by atoms with E-state index in [-0.39, 0.29) is 12.2 Å². The molecule has 0 amide bonds. The van der Waals surface area contributed by atoms with Crippen molar-refractivity contribution in [2.75, 3.05) is 0 Å². The average molecular weight is 206 g/mol. The minimum absolute atomic E-state index is 0.259. The fourth-order valence-corrected chi connectivity index (χ4v) is 1.96. The predicted octanol–water partition coefficient (Wildman–Crippen LogP) is 2.84. The van der Waals surface area contributed by atoms with Gasteiger partial charge in [-0.3, -0.25) is 0 Å². The molecule has 0 heterocycles. The van der Waals surface area contributed by atoms with Gasteiger partial charge in [0, 0.05) is 0 Å². The molecule has 2 rings (SSSR count). The summed E-state index contributed by atoms with van der Waals surface area (Å²) in [5.74, 6) is 0.928. The lowest BCUT2D eigenvalue weighted by Crippen LogP contribution is -2.09. The van der Waals surface area contributed by atoms with Crippen molar-refractivity contribution in [1.29, 1.82) is 0 Å². The molecule has 0 spiro atoms. The Labute approximate surface area is 90.9 Å². The lowest BCUT2D eigenvalue weighted by Gasteiger charge is -2.13. The van der Waals surface area contributed by atoms with Crippen molar-refractivity contribution >= 4 is 0 Å². The Bertz CT molecular complexity index is 346. The van der Waals surface area contributed by atoms with Crippen LogP contribution in [0.15, 0.2) is 18.2 Å². The number of rotatable bonds is 3. The van der Waals surface area contributed by atoms with Gasteiger partial charge in [0.05, 0.1) is 12.2 Å². The molecule has 0 saturated heterocycles. The zero-order valence-corrected chi connectivity index (χ0v) is 9.36. The first-order chi connectivity index (χ1) is 7.20. The molecular formula is C13H18O2. The van der Waals surface area contributed by atoms with Gasteiger partial charge >= 0.3 is 0 Å². The van der Waals surface area contributed by atoms with Crippen molar-refractivity contribution in [3.8, 4) is 5.75 Å². The number of hydrogen-bond acceptors (Lipinski definition) is 2. The summed E-state index contributed by atoms with van der Waals surface area (Å²) in [6.45, 7) is 4.18. The van der Waals surface area contributed by atoms with Crippen LogP contribution in [0.25, 0.3) is 0 Å². The molecule has 0 saturated carbocycles. The Hall–Kier alpha value is -1.02. The molecule has 0 radical (unpaired) electrons. The Morgan fingerprint density at radius 1 is 1.53 bits per heavy atom. The molecule has 0 aromatic heterocycles. The van der Waals surface area contributed by atoms with E-state index >= 15 is 0 Å². The molecule has 0 fully saturated rings. The van der Waals surface area contributed by atoms with Crippen LogP contribution in [0.4, 0.5) is 0 Å². The first-order valence-corrected chi connectivity index (χ1v) is 5.68. The average Bonchev–Trinajstić information content (AvgIpc) is 2.60. The van der Waals surface area contributed by atoms with Crippen molar-refractivity contribution in [3.63, 3.8) is 0 Å². The first-order valence-electron chi connectivity index (χ1n) is 5.68. The van der Waals surface area contributed by atoms with Gasteiger partial charge in [-0.25, -0.2) is 0 Å². The van der Waals surface area contributed by atoms with E-state index in [1.807, 2.05) is 12.1 Å². The maximum absolute atomic E-state index is 9.66. The summed E-state index contributed by atoms with van der Waals surface area (Å²) in [5, 5.41) is 9.66. The van der Waals surface area contributed by atoms with Crippen molar-refractivity contribution in [3.05, 3.63) is 29.3 Å². The van der Waals surface area contributed by atoms with E-state index in [9.17, 15) is 5.11 Å². The van der Waals surface area contributed by atoms with Crippen molar-refractivity contribution in [2.24, 2.45) is 0 Å². The summed E-state index contributed by atoms with van der Waals surface area (Å²) in [5.41, 5.74) is 2.31. The molecule has 2 heteroatoms. The number of aliphatic hydroxyl groups is 1. The van der Waals surface area contributed by atoms with Crippen LogP contribution in [0.1, 0.15) is 43.9 Å². The van der Waals surface area contributed by atoms with E-state index in [1.54, 1.807) is 0 Å². The number of aliphatic hydroxyl groups excluding tert-OH is 1.